The highest BCUT2D eigenvalue weighted by molar-refractivity contribution is 6.11. The second kappa shape index (κ2) is 14.7. The molecule has 3 heterocycles. The van der Waals surface area contributed by atoms with Gasteiger partial charge in [0.1, 0.15) is 11.2 Å². The number of hydrogen-bond donors (Lipinski definition) is 0. The molecule has 0 aliphatic heterocycles. The zero-order valence-electron chi connectivity index (χ0n) is 44.6. The summed E-state index contributed by atoms with van der Waals surface area (Å²) in [6, 6.07) is 38.2. The molecule has 0 unspecified atom stereocenters. The number of para-hydroxylation sites is 2. The van der Waals surface area contributed by atoms with E-state index in [2.05, 4.69) is 0 Å². The molecule has 0 aliphatic carbocycles. The number of benzene rings is 9. The van der Waals surface area contributed by atoms with E-state index >= 15 is 0 Å². The fourth-order valence-corrected chi connectivity index (χ4v) is 8.06. The van der Waals surface area contributed by atoms with Crippen molar-refractivity contribution >= 4 is 43.7 Å². The lowest BCUT2D eigenvalue weighted by atomic mass is 9.99. The van der Waals surface area contributed by atoms with E-state index < -0.39 is 83.6 Å². The van der Waals surface area contributed by atoms with E-state index in [-0.39, 0.29) is 33.3 Å². The predicted octanol–water partition coefficient (Wildman–Crippen LogP) is 14.9. The van der Waals surface area contributed by atoms with Crippen molar-refractivity contribution in [3.8, 4) is 73.2 Å². The predicted molar refractivity (Wildman–Crippen MR) is 254 cm³/mol. The van der Waals surface area contributed by atoms with Gasteiger partial charge in [-0.05, 0) is 87.9 Å². The molecule has 0 saturated carbocycles. The van der Waals surface area contributed by atoms with Gasteiger partial charge in [-0.25, -0.2) is 15.0 Å². The first kappa shape index (κ1) is 25.3. The molecule has 0 N–H and O–H groups in total. The van der Waals surface area contributed by atoms with Crippen molar-refractivity contribution in [2.75, 3.05) is 0 Å². The Kier molecular flexibility index (Phi) is 5.99. The van der Waals surface area contributed by atoms with Crippen molar-refractivity contribution in [3.05, 3.63) is 218 Å². The summed E-state index contributed by atoms with van der Waals surface area (Å²) >= 11 is 0. The number of furan rings is 1. The summed E-state index contributed by atoms with van der Waals surface area (Å²) in [5, 5.41) is 1.44. The molecule has 290 valence electrons. The standard InChI is InChI=1S/C57H36N4O/c1-4-15-37(16-5-1)40-21-14-22-44(33-40)56-58-55(39-19-8-3-9-20-39)59-57(60-56)48-31-28-42(43-27-30-47-46-24-11-13-26-53(46)62-54(47)36-43)35-52(48)61-50-25-12-10-23-45(50)49-34-41(29-32-51(49)61)38-17-6-2-7-18-38/h1-36H/i2D,6D,7D,10D,12D,17D,18D,23D,25D,29D,32D,34D. The monoisotopic (exact) mass is 804 g/mol. The molecule has 0 saturated heterocycles. The van der Waals surface area contributed by atoms with Crippen molar-refractivity contribution < 1.29 is 20.9 Å². The summed E-state index contributed by atoms with van der Waals surface area (Å²) < 4.78 is 117. The van der Waals surface area contributed by atoms with E-state index in [0.717, 1.165) is 21.9 Å². The average molecular weight is 805 g/mol. The highest BCUT2D eigenvalue weighted by atomic mass is 16.3. The normalized spacial score (nSPS) is 14.3. The molecule has 5 nitrogen and oxygen atoms in total. The Balaban J connectivity index is 1.21. The number of nitrogens with zero attached hydrogens (tertiary/aromatic N) is 4. The summed E-state index contributed by atoms with van der Waals surface area (Å²) in [5.74, 6) is 0.771. The molecule has 0 bridgehead atoms. The lowest BCUT2D eigenvalue weighted by molar-refractivity contribution is 0.669. The van der Waals surface area contributed by atoms with Crippen LogP contribution in [0, 0.1) is 0 Å². The minimum absolute atomic E-state index is 0.142. The average Bonchev–Trinajstić information content (AvgIpc) is 4.02. The van der Waals surface area contributed by atoms with Crippen LogP contribution in [0.3, 0.4) is 0 Å². The van der Waals surface area contributed by atoms with Crippen LogP contribution in [-0.4, -0.2) is 19.5 Å². The Labute approximate surface area is 374 Å². The maximum Gasteiger partial charge on any atom is 0.166 e. The van der Waals surface area contributed by atoms with Crippen LogP contribution in [0.2, 0.25) is 0 Å². The summed E-state index contributed by atoms with van der Waals surface area (Å²) in [4.78, 5) is 15.2. The second-order valence-electron chi connectivity index (χ2n) is 14.7. The van der Waals surface area contributed by atoms with Gasteiger partial charge >= 0.3 is 0 Å². The minimum atomic E-state index is -0.712. The van der Waals surface area contributed by atoms with Crippen LogP contribution >= 0.6 is 0 Å². The first-order chi connectivity index (χ1) is 35.7. The number of rotatable bonds is 7. The topological polar surface area (TPSA) is 56.7 Å². The molecule has 9 aromatic carbocycles. The Bertz CT molecular complexity index is 4320. The van der Waals surface area contributed by atoms with E-state index in [1.807, 2.05) is 133 Å². The fraction of sp³-hybridized carbons (Fsp3) is 0. The van der Waals surface area contributed by atoms with Crippen molar-refractivity contribution in [2.45, 2.75) is 0 Å². The van der Waals surface area contributed by atoms with Gasteiger partial charge in [-0.1, -0.05) is 164 Å². The molecular weight excluding hydrogens is 757 g/mol. The molecule has 0 spiro atoms. The SMILES string of the molecule is [2H]c1c([2H])c([2H])c(-c2c([2H])c([2H])c3c(c2[2H])c2c([2H])c([2H])c([2H])c([2H])c2n3-c2cc(-c3ccc4c(c3)oc3ccccc34)ccc2-c2nc(-c3ccccc3)nc(-c3cccc(-c4ccccc4)c3)n2)c([2H])c1[2H]. The highest BCUT2D eigenvalue weighted by Gasteiger charge is 2.21. The third-order valence-corrected chi connectivity index (χ3v) is 11.0. The Morgan fingerprint density at radius 1 is 0.371 bits per heavy atom. The lowest BCUT2D eigenvalue weighted by Crippen LogP contribution is -2.04. The zero-order valence-corrected chi connectivity index (χ0v) is 32.6. The van der Waals surface area contributed by atoms with Gasteiger partial charge < -0.3 is 8.98 Å². The number of hydrogen-bond acceptors (Lipinski definition) is 4. The van der Waals surface area contributed by atoms with Gasteiger partial charge in [0.15, 0.2) is 17.5 Å². The van der Waals surface area contributed by atoms with Crippen molar-refractivity contribution in [1.29, 1.82) is 0 Å². The van der Waals surface area contributed by atoms with Gasteiger partial charge in [0.05, 0.1) is 33.2 Å². The van der Waals surface area contributed by atoms with Gasteiger partial charge in [0, 0.05) is 38.2 Å². The largest absolute Gasteiger partial charge is 0.456 e. The molecule has 0 atom stereocenters. The number of fused-ring (bicyclic) bond motifs is 6. The van der Waals surface area contributed by atoms with E-state index in [0.29, 0.717) is 50.6 Å². The van der Waals surface area contributed by atoms with Crippen LogP contribution in [0.15, 0.2) is 223 Å². The van der Waals surface area contributed by atoms with E-state index in [4.69, 9.17) is 29.0 Å². The van der Waals surface area contributed by atoms with E-state index in [1.165, 1.54) is 4.57 Å². The van der Waals surface area contributed by atoms with Gasteiger partial charge in [-0.2, -0.15) is 0 Å². The first-order valence-corrected chi connectivity index (χ1v) is 19.9. The van der Waals surface area contributed by atoms with Crippen molar-refractivity contribution in [1.82, 2.24) is 19.5 Å². The van der Waals surface area contributed by atoms with Crippen LogP contribution in [-0.2, 0) is 0 Å². The molecule has 12 rings (SSSR count). The van der Waals surface area contributed by atoms with Crippen molar-refractivity contribution in [2.24, 2.45) is 0 Å². The fourth-order valence-electron chi connectivity index (χ4n) is 8.06. The minimum Gasteiger partial charge on any atom is -0.456 e. The lowest BCUT2D eigenvalue weighted by Gasteiger charge is -2.17. The quantitative estimate of drug-likeness (QED) is 0.161. The Hall–Kier alpha value is -8.41. The molecule has 0 amide bonds. The smallest absolute Gasteiger partial charge is 0.166 e. The molecule has 12 aromatic rings. The maximum atomic E-state index is 9.85. The molecule has 0 aliphatic rings. The second-order valence-corrected chi connectivity index (χ2v) is 14.7. The van der Waals surface area contributed by atoms with Crippen LogP contribution in [0.5, 0.6) is 0 Å². The molecule has 62 heavy (non-hydrogen) atoms. The van der Waals surface area contributed by atoms with Crippen LogP contribution in [0.4, 0.5) is 0 Å². The van der Waals surface area contributed by atoms with Gasteiger partial charge in [0.2, 0.25) is 0 Å². The van der Waals surface area contributed by atoms with E-state index in [1.54, 1.807) is 12.1 Å². The van der Waals surface area contributed by atoms with Crippen LogP contribution in [0.1, 0.15) is 16.4 Å². The summed E-state index contributed by atoms with van der Waals surface area (Å²) in [6.07, 6.45) is 0. The van der Waals surface area contributed by atoms with Gasteiger partial charge in [0.25, 0.3) is 0 Å². The van der Waals surface area contributed by atoms with Gasteiger partial charge in [-0.15, -0.1) is 0 Å². The molecular formula is C57H36N4O. The molecule has 5 heteroatoms. The summed E-state index contributed by atoms with van der Waals surface area (Å²) in [5.41, 5.74) is 5.09. The molecule has 3 aromatic heterocycles. The van der Waals surface area contributed by atoms with Crippen LogP contribution < -0.4 is 0 Å². The summed E-state index contributed by atoms with van der Waals surface area (Å²) in [7, 11) is 0. The van der Waals surface area contributed by atoms with Gasteiger partial charge in [-0.3, -0.25) is 0 Å². The van der Waals surface area contributed by atoms with Crippen molar-refractivity contribution in [3.63, 3.8) is 0 Å². The zero-order chi connectivity index (χ0) is 51.4. The third kappa shape index (κ3) is 6.14. The molecule has 0 radical (unpaired) electrons. The van der Waals surface area contributed by atoms with Crippen LogP contribution in [0.25, 0.3) is 117 Å². The van der Waals surface area contributed by atoms with E-state index in [9.17, 15) is 6.85 Å². The Morgan fingerprint density at radius 3 is 1.85 bits per heavy atom. The Morgan fingerprint density at radius 2 is 1.00 bits per heavy atom. The summed E-state index contributed by atoms with van der Waals surface area (Å²) in [6.45, 7) is 0. The maximum absolute atomic E-state index is 9.85. The highest BCUT2D eigenvalue weighted by Crippen LogP contribution is 2.41. The first-order valence-electron chi connectivity index (χ1n) is 25.9. The third-order valence-electron chi connectivity index (χ3n) is 11.0. The molecule has 0 fully saturated rings. The number of aromatic nitrogens is 4.